The van der Waals surface area contributed by atoms with Gasteiger partial charge in [-0.05, 0) is 25.7 Å². The van der Waals surface area contributed by atoms with Crippen LogP contribution in [0.2, 0.25) is 0 Å². The van der Waals surface area contributed by atoms with E-state index in [1.54, 1.807) is 17.7 Å². The number of aromatic nitrogens is 4. The first kappa shape index (κ1) is 18.9. The lowest BCUT2D eigenvalue weighted by Crippen LogP contribution is -2.33. The standard InChI is InChI=1S/C19H24N6O2S/c1-12-3-5-24(6-4-12)16-8-15(21-11-22-16)23-17(26)7-14-10-28-19-20-9-13(2)18(27)25(14)19/h8-9,11-12,14H,3-7,10H2,1-2H3,(H,21,22,23,26). The van der Waals surface area contributed by atoms with Crippen LogP contribution in [0.3, 0.4) is 0 Å². The van der Waals surface area contributed by atoms with E-state index < -0.39 is 0 Å². The monoisotopic (exact) mass is 400 g/mol. The van der Waals surface area contributed by atoms with Crippen LogP contribution in [0.4, 0.5) is 11.6 Å². The van der Waals surface area contributed by atoms with Crippen LogP contribution in [-0.2, 0) is 4.79 Å². The van der Waals surface area contributed by atoms with Gasteiger partial charge in [-0.25, -0.2) is 15.0 Å². The fourth-order valence-electron chi connectivity index (χ4n) is 3.60. The molecule has 1 N–H and O–H groups in total. The number of piperidine rings is 1. The summed E-state index contributed by atoms with van der Waals surface area (Å²) in [6.07, 6.45) is 5.58. The number of nitrogens with zero attached hydrogens (tertiary/aromatic N) is 5. The van der Waals surface area contributed by atoms with Gasteiger partial charge < -0.3 is 10.2 Å². The number of anilines is 2. The van der Waals surface area contributed by atoms with Crippen molar-refractivity contribution in [2.24, 2.45) is 5.92 Å². The van der Waals surface area contributed by atoms with Crippen molar-refractivity contribution < 1.29 is 4.79 Å². The molecular formula is C19H24N6O2S. The fourth-order valence-corrected chi connectivity index (χ4v) is 4.71. The highest BCUT2D eigenvalue weighted by molar-refractivity contribution is 7.99. The van der Waals surface area contributed by atoms with Crippen LogP contribution in [0.25, 0.3) is 0 Å². The van der Waals surface area contributed by atoms with Gasteiger partial charge in [-0.1, -0.05) is 18.7 Å². The molecule has 8 nitrogen and oxygen atoms in total. The van der Waals surface area contributed by atoms with E-state index in [0.717, 1.165) is 37.7 Å². The molecule has 0 aromatic carbocycles. The number of fused-ring (bicyclic) bond motifs is 1. The van der Waals surface area contributed by atoms with Crippen molar-refractivity contribution in [2.75, 3.05) is 29.1 Å². The van der Waals surface area contributed by atoms with Crippen LogP contribution in [0.15, 0.2) is 28.5 Å². The third-order valence-electron chi connectivity index (χ3n) is 5.35. The zero-order chi connectivity index (χ0) is 19.7. The molecule has 1 amide bonds. The summed E-state index contributed by atoms with van der Waals surface area (Å²) in [7, 11) is 0. The molecule has 9 heteroatoms. The maximum atomic E-state index is 12.6. The van der Waals surface area contributed by atoms with E-state index in [9.17, 15) is 9.59 Å². The molecule has 2 aromatic rings. The third-order valence-corrected chi connectivity index (χ3v) is 6.46. The Bertz CT molecular complexity index is 938. The highest BCUT2D eigenvalue weighted by Gasteiger charge is 2.28. The fraction of sp³-hybridized carbons (Fsp3) is 0.526. The lowest BCUT2D eigenvalue weighted by Gasteiger charge is -2.31. The summed E-state index contributed by atoms with van der Waals surface area (Å²) in [6, 6.07) is 1.63. The van der Waals surface area contributed by atoms with E-state index in [4.69, 9.17) is 0 Å². The summed E-state index contributed by atoms with van der Waals surface area (Å²) in [6.45, 7) is 5.95. The SMILES string of the molecule is Cc1cnc2n(c1=O)C(CC(=O)Nc1cc(N3CCC(C)CC3)ncn1)CS2. The lowest BCUT2D eigenvalue weighted by molar-refractivity contribution is -0.116. The summed E-state index contributed by atoms with van der Waals surface area (Å²) in [5.41, 5.74) is 0.518. The first-order chi connectivity index (χ1) is 13.5. The van der Waals surface area contributed by atoms with Crippen molar-refractivity contribution in [2.45, 2.75) is 44.3 Å². The van der Waals surface area contributed by atoms with E-state index in [1.165, 1.54) is 18.1 Å². The maximum Gasteiger partial charge on any atom is 0.257 e. The van der Waals surface area contributed by atoms with Gasteiger partial charge in [0.15, 0.2) is 5.16 Å². The van der Waals surface area contributed by atoms with Crippen molar-refractivity contribution in [1.29, 1.82) is 0 Å². The minimum absolute atomic E-state index is 0.0727. The first-order valence-corrected chi connectivity index (χ1v) is 10.6. The van der Waals surface area contributed by atoms with Gasteiger partial charge in [0, 0.05) is 43.1 Å². The van der Waals surface area contributed by atoms with E-state index in [0.29, 0.717) is 22.3 Å². The Hall–Kier alpha value is -2.42. The predicted octanol–water partition coefficient (Wildman–Crippen LogP) is 2.25. The Labute approximate surface area is 167 Å². The van der Waals surface area contributed by atoms with Crippen LogP contribution in [0.1, 0.15) is 37.8 Å². The average molecular weight is 401 g/mol. The second-order valence-electron chi connectivity index (χ2n) is 7.55. The molecule has 0 aliphatic carbocycles. The Morgan fingerprint density at radius 1 is 1.29 bits per heavy atom. The topological polar surface area (TPSA) is 93.0 Å². The minimum atomic E-state index is -0.190. The first-order valence-electron chi connectivity index (χ1n) is 9.59. The Kier molecular flexibility index (Phi) is 5.34. The number of hydrogen-bond donors (Lipinski definition) is 1. The number of hydrogen-bond acceptors (Lipinski definition) is 7. The van der Waals surface area contributed by atoms with Gasteiger partial charge in [0.1, 0.15) is 18.0 Å². The molecule has 2 aliphatic heterocycles. The Morgan fingerprint density at radius 3 is 2.86 bits per heavy atom. The summed E-state index contributed by atoms with van der Waals surface area (Å²) < 4.78 is 1.64. The molecule has 0 radical (unpaired) electrons. The van der Waals surface area contributed by atoms with Gasteiger partial charge >= 0.3 is 0 Å². The zero-order valence-corrected chi connectivity index (χ0v) is 16.9. The predicted molar refractivity (Wildman–Crippen MR) is 109 cm³/mol. The summed E-state index contributed by atoms with van der Waals surface area (Å²) in [5, 5.41) is 3.54. The molecule has 1 unspecified atom stereocenters. The van der Waals surface area contributed by atoms with Crippen LogP contribution >= 0.6 is 11.8 Å². The van der Waals surface area contributed by atoms with E-state index in [1.807, 2.05) is 6.07 Å². The van der Waals surface area contributed by atoms with Crippen molar-refractivity contribution in [3.63, 3.8) is 0 Å². The minimum Gasteiger partial charge on any atom is -0.356 e. The second kappa shape index (κ2) is 7.90. The van der Waals surface area contributed by atoms with Crippen LogP contribution < -0.4 is 15.8 Å². The van der Waals surface area contributed by atoms with Crippen molar-refractivity contribution in [3.8, 4) is 0 Å². The van der Waals surface area contributed by atoms with Gasteiger partial charge in [-0.2, -0.15) is 0 Å². The molecule has 1 fully saturated rings. The molecule has 0 saturated carbocycles. The molecule has 28 heavy (non-hydrogen) atoms. The summed E-state index contributed by atoms with van der Waals surface area (Å²) in [5.74, 6) is 2.58. The quantitative estimate of drug-likeness (QED) is 0.787. The van der Waals surface area contributed by atoms with Gasteiger partial charge in [0.2, 0.25) is 5.91 Å². The highest BCUT2D eigenvalue weighted by Crippen LogP contribution is 2.32. The third kappa shape index (κ3) is 3.89. The number of nitrogens with one attached hydrogen (secondary N) is 1. The molecule has 1 saturated heterocycles. The summed E-state index contributed by atoms with van der Waals surface area (Å²) in [4.78, 5) is 40.0. The molecule has 2 aromatic heterocycles. The maximum absolute atomic E-state index is 12.6. The molecule has 4 rings (SSSR count). The lowest BCUT2D eigenvalue weighted by atomic mass is 9.99. The van der Waals surface area contributed by atoms with Crippen molar-refractivity contribution in [1.82, 2.24) is 19.5 Å². The number of rotatable bonds is 4. The Balaban J connectivity index is 1.42. The Morgan fingerprint density at radius 2 is 2.07 bits per heavy atom. The van der Waals surface area contributed by atoms with Gasteiger partial charge in [-0.15, -0.1) is 0 Å². The summed E-state index contributed by atoms with van der Waals surface area (Å²) >= 11 is 1.51. The normalized spacial score (nSPS) is 19.5. The molecule has 148 valence electrons. The van der Waals surface area contributed by atoms with Gasteiger partial charge in [-0.3, -0.25) is 14.2 Å². The van der Waals surface area contributed by atoms with Crippen LogP contribution in [0, 0.1) is 12.8 Å². The number of carbonyl (C=O) groups is 1. The number of carbonyl (C=O) groups excluding carboxylic acids is 1. The van der Waals surface area contributed by atoms with Crippen molar-refractivity contribution in [3.05, 3.63) is 34.5 Å². The smallest absolute Gasteiger partial charge is 0.257 e. The van der Waals surface area contributed by atoms with E-state index in [-0.39, 0.29) is 23.9 Å². The van der Waals surface area contributed by atoms with Gasteiger partial charge in [0.05, 0.1) is 6.04 Å². The molecular weight excluding hydrogens is 376 g/mol. The highest BCUT2D eigenvalue weighted by atomic mass is 32.2. The average Bonchev–Trinajstić information content (AvgIpc) is 3.09. The molecule has 2 aliphatic rings. The number of amides is 1. The molecule has 0 bridgehead atoms. The van der Waals surface area contributed by atoms with E-state index in [2.05, 4.69) is 32.1 Å². The van der Waals surface area contributed by atoms with Crippen LogP contribution in [0.5, 0.6) is 0 Å². The van der Waals surface area contributed by atoms with Crippen molar-refractivity contribution >= 4 is 29.3 Å². The van der Waals surface area contributed by atoms with Crippen LogP contribution in [-0.4, -0.2) is 44.3 Å². The largest absolute Gasteiger partial charge is 0.356 e. The number of aryl methyl sites for hydroxylation is 1. The molecule has 0 spiro atoms. The second-order valence-corrected chi connectivity index (χ2v) is 8.53. The van der Waals surface area contributed by atoms with Gasteiger partial charge in [0.25, 0.3) is 5.56 Å². The molecule has 4 heterocycles. The zero-order valence-electron chi connectivity index (χ0n) is 16.1. The number of thioether (sulfide) groups is 1. The van der Waals surface area contributed by atoms with E-state index >= 15 is 0 Å². The molecule has 1 atom stereocenters.